The number of halogens is 2. The van der Waals surface area contributed by atoms with E-state index in [4.69, 9.17) is 17.3 Å². The predicted molar refractivity (Wildman–Crippen MR) is 72.2 cm³/mol. The van der Waals surface area contributed by atoms with E-state index in [1.54, 1.807) is 12.1 Å². The van der Waals surface area contributed by atoms with Crippen molar-refractivity contribution in [1.82, 2.24) is 4.57 Å². The van der Waals surface area contributed by atoms with Gasteiger partial charge in [0.2, 0.25) is 0 Å². The number of hydrogen-bond acceptors (Lipinski definition) is 1. The first-order chi connectivity index (χ1) is 8.61. The van der Waals surface area contributed by atoms with Gasteiger partial charge in [-0.15, -0.1) is 0 Å². The van der Waals surface area contributed by atoms with Gasteiger partial charge in [0.1, 0.15) is 5.82 Å². The van der Waals surface area contributed by atoms with Gasteiger partial charge in [-0.2, -0.15) is 0 Å². The Morgan fingerprint density at radius 3 is 2.83 bits per heavy atom. The zero-order valence-electron chi connectivity index (χ0n) is 10.2. The van der Waals surface area contributed by atoms with Crippen LogP contribution in [0.5, 0.6) is 0 Å². The van der Waals surface area contributed by atoms with E-state index in [0.29, 0.717) is 17.1 Å². The van der Waals surface area contributed by atoms with Crippen LogP contribution in [0.3, 0.4) is 0 Å². The Labute approximate surface area is 111 Å². The lowest BCUT2D eigenvalue weighted by Crippen LogP contribution is -2.07. The third-order valence-corrected chi connectivity index (χ3v) is 3.40. The summed E-state index contributed by atoms with van der Waals surface area (Å²) in [6.45, 7) is 2.46. The molecular weight excluding hydrogens is 251 g/mol. The maximum absolute atomic E-state index is 13.6. The molecule has 0 radical (unpaired) electrons. The van der Waals surface area contributed by atoms with Gasteiger partial charge in [-0.3, -0.25) is 0 Å². The lowest BCUT2D eigenvalue weighted by molar-refractivity contribution is 0.599. The third kappa shape index (κ3) is 2.74. The van der Waals surface area contributed by atoms with Crippen molar-refractivity contribution in [2.75, 3.05) is 0 Å². The largest absolute Gasteiger partial charge is 0.349 e. The molecule has 2 N–H and O–H groups in total. The molecule has 0 bridgehead atoms. The van der Waals surface area contributed by atoms with E-state index in [9.17, 15) is 4.39 Å². The van der Waals surface area contributed by atoms with Crippen molar-refractivity contribution in [3.8, 4) is 0 Å². The summed E-state index contributed by atoms with van der Waals surface area (Å²) in [6, 6.07) is 6.71. The summed E-state index contributed by atoms with van der Waals surface area (Å²) in [4.78, 5) is 0. The molecule has 96 valence electrons. The van der Waals surface area contributed by atoms with E-state index in [0.717, 1.165) is 12.0 Å². The molecule has 0 aliphatic heterocycles. The number of hydrogen-bond donors (Lipinski definition) is 1. The fourth-order valence-corrected chi connectivity index (χ4v) is 2.10. The zero-order chi connectivity index (χ0) is 13.1. The van der Waals surface area contributed by atoms with Crippen LogP contribution in [0.1, 0.15) is 30.5 Å². The molecule has 0 aliphatic rings. The van der Waals surface area contributed by atoms with Crippen molar-refractivity contribution in [2.24, 2.45) is 5.73 Å². The monoisotopic (exact) mass is 266 g/mol. The van der Waals surface area contributed by atoms with Crippen LogP contribution >= 0.6 is 11.6 Å². The second-order valence-electron chi connectivity index (χ2n) is 4.33. The molecule has 1 heterocycles. The summed E-state index contributed by atoms with van der Waals surface area (Å²) in [5, 5.41) is 0.449. The van der Waals surface area contributed by atoms with Crippen LogP contribution < -0.4 is 5.73 Å². The molecule has 2 aromatic rings. The maximum Gasteiger partial charge on any atom is 0.129 e. The van der Waals surface area contributed by atoms with Crippen LogP contribution in [0.4, 0.5) is 4.39 Å². The van der Waals surface area contributed by atoms with Crippen LogP contribution in [-0.4, -0.2) is 4.57 Å². The minimum atomic E-state index is -0.280. The molecule has 0 saturated heterocycles. The molecule has 2 nitrogen and oxygen atoms in total. The SMILES string of the molecule is CCC(N)c1ccn(Cc2c(F)cccc2Cl)c1. The quantitative estimate of drug-likeness (QED) is 0.898. The molecule has 0 spiro atoms. The van der Waals surface area contributed by atoms with Gasteiger partial charge in [0, 0.05) is 29.0 Å². The first kappa shape index (κ1) is 13.1. The topological polar surface area (TPSA) is 30.9 Å². The summed E-state index contributed by atoms with van der Waals surface area (Å²) in [5.41, 5.74) is 7.51. The molecule has 0 aliphatic carbocycles. The molecule has 0 amide bonds. The first-order valence-corrected chi connectivity index (χ1v) is 6.33. The van der Waals surface area contributed by atoms with Crippen LogP contribution in [0.2, 0.25) is 5.02 Å². The van der Waals surface area contributed by atoms with Gasteiger partial charge >= 0.3 is 0 Å². The fourth-order valence-electron chi connectivity index (χ4n) is 1.88. The van der Waals surface area contributed by atoms with E-state index in [1.165, 1.54) is 6.07 Å². The van der Waals surface area contributed by atoms with E-state index >= 15 is 0 Å². The van der Waals surface area contributed by atoms with Gasteiger partial charge in [-0.1, -0.05) is 24.6 Å². The van der Waals surface area contributed by atoms with Crippen molar-refractivity contribution >= 4 is 11.6 Å². The lowest BCUT2D eigenvalue weighted by atomic mass is 10.1. The highest BCUT2D eigenvalue weighted by atomic mass is 35.5. The second kappa shape index (κ2) is 5.55. The number of aromatic nitrogens is 1. The van der Waals surface area contributed by atoms with Crippen LogP contribution in [-0.2, 0) is 6.54 Å². The Kier molecular flexibility index (Phi) is 4.04. The summed E-state index contributed by atoms with van der Waals surface area (Å²) >= 11 is 6.00. The van der Waals surface area contributed by atoms with Gasteiger partial charge in [-0.05, 0) is 30.2 Å². The summed E-state index contributed by atoms with van der Waals surface area (Å²) in [6.07, 6.45) is 4.72. The number of rotatable bonds is 4. The zero-order valence-corrected chi connectivity index (χ0v) is 11.0. The van der Waals surface area contributed by atoms with Gasteiger partial charge in [-0.25, -0.2) is 4.39 Å². The molecule has 18 heavy (non-hydrogen) atoms. The molecule has 1 unspecified atom stereocenters. The Bertz CT molecular complexity index is 516. The lowest BCUT2D eigenvalue weighted by Gasteiger charge is -2.08. The molecule has 0 fully saturated rings. The van der Waals surface area contributed by atoms with Crippen LogP contribution in [0, 0.1) is 5.82 Å². The standard InChI is InChI=1S/C14H16ClFN2/c1-2-14(17)10-6-7-18(8-10)9-11-12(15)4-3-5-13(11)16/h3-8,14H,2,9,17H2,1H3. The molecular formula is C14H16ClFN2. The third-order valence-electron chi connectivity index (χ3n) is 3.04. The summed E-state index contributed by atoms with van der Waals surface area (Å²) < 4.78 is 15.5. The summed E-state index contributed by atoms with van der Waals surface area (Å²) in [7, 11) is 0. The van der Waals surface area contributed by atoms with Crippen LogP contribution in [0.25, 0.3) is 0 Å². The molecule has 1 atom stereocenters. The second-order valence-corrected chi connectivity index (χ2v) is 4.74. The number of benzene rings is 1. The van der Waals surface area contributed by atoms with Gasteiger partial charge in [0.15, 0.2) is 0 Å². The highest BCUT2D eigenvalue weighted by Crippen LogP contribution is 2.21. The Balaban J connectivity index is 2.21. The van der Waals surface area contributed by atoms with E-state index in [1.807, 2.05) is 30.0 Å². The molecule has 2 rings (SSSR count). The average molecular weight is 267 g/mol. The van der Waals surface area contributed by atoms with Gasteiger partial charge in [0.05, 0.1) is 6.54 Å². The number of nitrogens with zero attached hydrogens (tertiary/aromatic N) is 1. The number of nitrogens with two attached hydrogens (primary N) is 1. The van der Waals surface area contributed by atoms with E-state index in [-0.39, 0.29) is 11.9 Å². The van der Waals surface area contributed by atoms with E-state index in [2.05, 4.69) is 0 Å². The van der Waals surface area contributed by atoms with Crippen molar-refractivity contribution in [3.63, 3.8) is 0 Å². The molecule has 0 saturated carbocycles. The Morgan fingerprint density at radius 1 is 1.39 bits per heavy atom. The molecule has 4 heteroatoms. The minimum Gasteiger partial charge on any atom is -0.349 e. The van der Waals surface area contributed by atoms with Crippen molar-refractivity contribution in [1.29, 1.82) is 0 Å². The minimum absolute atomic E-state index is 0.0299. The van der Waals surface area contributed by atoms with Gasteiger partial charge < -0.3 is 10.3 Å². The van der Waals surface area contributed by atoms with Crippen molar-refractivity contribution in [2.45, 2.75) is 25.9 Å². The normalized spacial score (nSPS) is 12.7. The highest BCUT2D eigenvalue weighted by Gasteiger charge is 2.09. The Morgan fingerprint density at radius 2 is 2.17 bits per heavy atom. The smallest absolute Gasteiger partial charge is 0.129 e. The fraction of sp³-hybridized carbons (Fsp3) is 0.286. The van der Waals surface area contributed by atoms with Gasteiger partial charge in [0.25, 0.3) is 0 Å². The average Bonchev–Trinajstić information content (AvgIpc) is 2.81. The first-order valence-electron chi connectivity index (χ1n) is 5.96. The summed E-state index contributed by atoms with van der Waals surface area (Å²) in [5.74, 6) is -0.280. The van der Waals surface area contributed by atoms with Crippen molar-refractivity contribution in [3.05, 3.63) is 58.6 Å². The Hall–Kier alpha value is -1.32. The maximum atomic E-state index is 13.6. The van der Waals surface area contributed by atoms with Crippen molar-refractivity contribution < 1.29 is 4.39 Å². The van der Waals surface area contributed by atoms with E-state index < -0.39 is 0 Å². The molecule has 1 aromatic carbocycles. The predicted octanol–water partition coefficient (Wildman–Crippen LogP) is 3.74. The molecule has 1 aromatic heterocycles. The highest BCUT2D eigenvalue weighted by molar-refractivity contribution is 6.31. The van der Waals surface area contributed by atoms with Crippen LogP contribution in [0.15, 0.2) is 36.7 Å².